The van der Waals surface area contributed by atoms with Crippen molar-refractivity contribution in [3.05, 3.63) is 23.8 Å². The summed E-state index contributed by atoms with van der Waals surface area (Å²) in [5.74, 6) is 1.27. The summed E-state index contributed by atoms with van der Waals surface area (Å²) < 4.78 is 0. The van der Waals surface area contributed by atoms with Crippen molar-refractivity contribution in [2.24, 2.45) is 5.92 Å². The lowest BCUT2D eigenvalue weighted by atomic mass is 9.92. The Balaban J connectivity index is 2.32. The second-order valence-electron chi connectivity index (χ2n) is 7.52. The molecule has 0 saturated heterocycles. The van der Waals surface area contributed by atoms with E-state index in [9.17, 15) is 0 Å². The van der Waals surface area contributed by atoms with Crippen LogP contribution in [0, 0.1) is 5.92 Å². The van der Waals surface area contributed by atoms with Crippen molar-refractivity contribution in [2.75, 3.05) is 23.8 Å². The SMILES string of the molecule is CNc1cc(C(C)C)ccc1N(CC(C)C)C1CCCCC1. The Labute approximate surface area is 137 Å². The van der Waals surface area contributed by atoms with Gasteiger partial charge in [-0.1, -0.05) is 53.0 Å². The van der Waals surface area contributed by atoms with E-state index in [4.69, 9.17) is 0 Å². The van der Waals surface area contributed by atoms with Crippen LogP contribution in [0.3, 0.4) is 0 Å². The highest BCUT2D eigenvalue weighted by atomic mass is 15.2. The summed E-state index contributed by atoms with van der Waals surface area (Å²) in [7, 11) is 2.05. The third kappa shape index (κ3) is 4.18. The van der Waals surface area contributed by atoms with Gasteiger partial charge in [-0.25, -0.2) is 0 Å². The van der Waals surface area contributed by atoms with Crippen LogP contribution in [0.2, 0.25) is 0 Å². The van der Waals surface area contributed by atoms with Crippen molar-refractivity contribution in [3.8, 4) is 0 Å². The van der Waals surface area contributed by atoms with Gasteiger partial charge in [0.25, 0.3) is 0 Å². The van der Waals surface area contributed by atoms with E-state index in [-0.39, 0.29) is 0 Å². The zero-order valence-corrected chi connectivity index (χ0v) is 15.2. The molecule has 0 unspecified atom stereocenters. The number of benzene rings is 1. The Morgan fingerprint density at radius 1 is 1.09 bits per heavy atom. The quantitative estimate of drug-likeness (QED) is 0.730. The molecule has 0 aromatic heterocycles. The van der Waals surface area contributed by atoms with Crippen molar-refractivity contribution >= 4 is 11.4 Å². The first kappa shape index (κ1) is 17.2. The summed E-state index contributed by atoms with van der Waals surface area (Å²) in [5, 5.41) is 3.44. The molecule has 0 heterocycles. The van der Waals surface area contributed by atoms with Crippen molar-refractivity contribution in [2.45, 2.75) is 71.8 Å². The number of rotatable bonds is 6. The molecule has 0 radical (unpaired) electrons. The maximum atomic E-state index is 3.44. The fraction of sp³-hybridized carbons (Fsp3) is 0.700. The normalized spacial score (nSPS) is 16.3. The second-order valence-corrected chi connectivity index (χ2v) is 7.52. The lowest BCUT2D eigenvalue weighted by Crippen LogP contribution is -2.39. The highest BCUT2D eigenvalue weighted by Gasteiger charge is 2.24. The van der Waals surface area contributed by atoms with Gasteiger partial charge >= 0.3 is 0 Å². The van der Waals surface area contributed by atoms with Gasteiger partial charge in [0.1, 0.15) is 0 Å². The fourth-order valence-electron chi connectivity index (χ4n) is 3.59. The van der Waals surface area contributed by atoms with E-state index in [1.165, 1.54) is 49.0 Å². The third-order valence-electron chi connectivity index (χ3n) is 4.84. The molecule has 2 heteroatoms. The van der Waals surface area contributed by atoms with E-state index in [1.54, 1.807) is 0 Å². The van der Waals surface area contributed by atoms with Crippen LogP contribution in [0.15, 0.2) is 18.2 Å². The number of nitrogens with zero attached hydrogens (tertiary/aromatic N) is 1. The molecule has 22 heavy (non-hydrogen) atoms. The molecular formula is C20H34N2. The molecule has 0 bridgehead atoms. The van der Waals surface area contributed by atoms with Crippen LogP contribution < -0.4 is 10.2 Å². The average Bonchev–Trinajstić information content (AvgIpc) is 2.52. The first-order chi connectivity index (χ1) is 10.5. The molecule has 0 atom stereocenters. The van der Waals surface area contributed by atoms with Crippen LogP contribution in [0.4, 0.5) is 11.4 Å². The lowest BCUT2D eigenvalue weighted by Gasteiger charge is -2.38. The lowest BCUT2D eigenvalue weighted by molar-refractivity contribution is 0.401. The molecule has 124 valence electrons. The largest absolute Gasteiger partial charge is 0.386 e. The molecule has 1 fully saturated rings. The summed E-state index contributed by atoms with van der Waals surface area (Å²) in [6, 6.07) is 7.72. The second kappa shape index (κ2) is 7.89. The van der Waals surface area contributed by atoms with Gasteiger partial charge in [0.15, 0.2) is 0 Å². The van der Waals surface area contributed by atoms with Gasteiger partial charge in [0, 0.05) is 19.6 Å². The van der Waals surface area contributed by atoms with Crippen molar-refractivity contribution in [1.29, 1.82) is 0 Å². The molecule has 1 aromatic rings. The van der Waals surface area contributed by atoms with Crippen LogP contribution in [0.5, 0.6) is 0 Å². The minimum absolute atomic E-state index is 0.578. The van der Waals surface area contributed by atoms with E-state index in [1.807, 2.05) is 0 Å². The van der Waals surface area contributed by atoms with E-state index in [2.05, 4.69) is 63.2 Å². The van der Waals surface area contributed by atoms with Crippen LogP contribution in [-0.4, -0.2) is 19.6 Å². The molecule has 2 rings (SSSR count). The minimum Gasteiger partial charge on any atom is -0.386 e. The molecule has 1 aliphatic carbocycles. The number of anilines is 2. The standard InChI is InChI=1S/C20H34N2/c1-15(2)14-22(18-9-7-6-8-10-18)20-12-11-17(16(3)4)13-19(20)21-5/h11-13,15-16,18,21H,6-10,14H2,1-5H3. The first-order valence-electron chi connectivity index (χ1n) is 9.11. The topological polar surface area (TPSA) is 15.3 Å². The van der Waals surface area contributed by atoms with Crippen LogP contribution in [-0.2, 0) is 0 Å². The number of hydrogen-bond acceptors (Lipinski definition) is 2. The van der Waals surface area contributed by atoms with Gasteiger partial charge < -0.3 is 10.2 Å². The van der Waals surface area contributed by atoms with Crippen molar-refractivity contribution < 1.29 is 0 Å². The van der Waals surface area contributed by atoms with Gasteiger partial charge in [-0.15, -0.1) is 0 Å². The van der Waals surface area contributed by atoms with Crippen LogP contribution in [0.25, 0.3) is 0 Å². The molecule has 1 aromatic carbocycles. The molecule has 0 amide bonds. The van der Waals surface area contributed by atoms with E-state index < -0.39 is 0 Å². The van der Waals surface area contributed by atoms with Crippen molar-refractivity contribution in [3.63, 3.8) is 0 Å². The van der Waals surface area contributed by atoms with Crippen LogP contribution >= 0.6 is 0 Å². The summed E-state index contributed by atoms with van der Waals surface area (Å²) in [4.78, 5) is 2.68. The van der Waals surface area contributed by atoms with E-state index >= 15 is 0 Å². The first-order valence-corrected chi connectivity index (χ1v) is 9.11. The van der Waals surface area contributed by atoms with Gasteiger partial charge in [0.05, 0.1) is 11.4 Å². The van der Waals surface area contributed by atoms with Gasteiger partial charge in [-0.05, 0) is 42.4 Å². The zero-order valence-electron chi connectivity index (χ0n) is 15.2. The molecule has 0 aliphatic heterocycles. The van der Waals surface area contributed by atoms with Gasteiger partial charge in [-0.2, -0.15) is 0 Å². The summed E-state index contributed by atoms with van der Waals surface area (Å²) in [6.45, 7) is 10.3. The highest BCUT2D eigenvalue weighted by Crippen LogP contribution is 2.35. The molecule has 1 aliphatic rings. The molecule has 2 nitrogen and oxygen atoms in total. The minimum atomic E-state index is 0.578. The maximum absolute atomic E-state index is 3.44. The monoisotopic (exact) mass is 302 g/mol. The van der Waals surface area contributed by atoms with Crippen molar-refractivity contribution in [1.82, 2.24) is 0 Å². The molecule has 0 spiro atoms. The Hall–Kier alpha value is -1.18. The Kier molecular flexibility index (Phi) is 6.16. The Morgan fingerprint density at radius 3 is 2.32 bits per heavy atom. The van der Waals surface area contributed by atoms with Crippen LogP contribution in [0.1, 0.15) is 71.3 Å². The summed E-state index contributed by atoms with van der Waals surface area (Å²) in [6.07, 6.45) is 6.89. The number of hydrogen-bond donors (Lipinski definition) is 1. The molecule has 1 N–H and O–H groups in total. The molecular weight excluding hydrogens is 268 g/mol. The Bertz CT molecular complexity index is 459. The van der Waals surface area contributed by atoms with E-state index in [0.717, 1.165) is 6.54 Å². The fourth-order valence-corrected chi connectivity index (χ4v) is 3.59. The Morgan fingerprint density at radius 2 is 1.77 bits per heavy atom. The predicted octanol–water partition coefficient (Wildman–Crippen LogP) is 5.65. The average molecular weight is 303 g/mol. The van der Waals surface area contributed by atoms with Gasteiger partial charge in [0.2, 0.25) is 0 Å². The summed E-state index contributed by atoms with van der Waals surface area (Å²) >= 11 is 0. The zero-order chi connectivity index (χ0) is 16.1. The highest BCUT2D eigenvalue weighted by molar-refractivity contribution is 5.71. The smallest absolute Gasteiger partial charge is 0.0604 e. The van der Waals surface area contributed by atoms with Gasteiger partial charge in [-0.3, -0.25) is 0 Å². The maximum Gasteiger partial charge on any atom is 0.0604 e. The van der Waals surface area contributed by atoms with E-state index in [0.29, 0.717) is 17.9 Å². The summed E-state index contributed by atoms with van der Waals surface area (Å²) in [5.41, 5.74) is 4.10. The number of nitrogens with one attached hydrogen (secondary N) is 1. The predicted molar refractivity (Wildman–Crippen MR) is 99.1 cm³/mol. The third-order valence-corrected chi connectivity index (χ3v) is 4.84. The molecule has 1 saturated carbocycles.